The van der Waals surface area contributed by atoms with Crippen LogP contribution in [0, 0.1) is 0 Å². The first-order valence-corrected chi connectivity index (χ1v) is 6.14. The van der Waals surface area contributed by atoms with Gasteiger partial charge in [0.15, 0.2) is 0 Å². The number of hydrogen-bond acceptors (Lipinski definition) is 3. The molecule has 0 atom stereocenters. The van der Waals surface area contributed by atoms with Gasteiger partial charge in [0.1, 0.15) is 0 Å². The second-order valence-corrected chi connectivity index (χ2v) is 4.44. The Morgan fingerprint density at radius 1 is 1.42 bits per heavy atom. The highest BCUT2D eigenvalue weighted by Gasteiger charge is 2.25. The van der Waals surface area contributed by atoms with Crippen molar-refractivity contribution in [1.29, 1.82) is 0 Å². The molecule has 0 aromatic heterocycles. The third-order valence-corrected chi connectivity index (χ3v) is 2.91. The van der Waals surface area contributed by atoms with Crippen LogP contribution in [0.15, 0.2) is 0 Å². The Kier molecular flexibility index (Phi) is 5.04. The fraction of sp³-hybridized carbons (Fsp3) is 1.00. The van der Waals surface area contributed by atoms with Gasteiger partial charge >= 0.3 is 0 Å². The van der Waals surface area contributed by atoms with Gasteiger partial charge in [0.05, 0.1) is 0 Å². The summed E-state index contributed by atoms with van der Waals surface area (Å²) in [5, 5.41) is 3.44. The Labute approximate surface area is 80.1 Å². The van der Waals surface area contributed by atoms with E-state index in [9.17, 15) is 0 Å². The molecule has 0 bridgehead atoms. The molecule has 0 aromatic rings. The van der Waals surface area contributed by atoms with Gasteiger partial charge in [0, 0.05) is 31.4 Å². The number of likely N-dealkylation sites (N-methyl/N-ethyl adjacent to an activating group) is 1. The lowest BCUT2D eigenvalue weighted by molar-refractivity contribution is 0.323. The van der Waals surface area contributed by atoms with E-state index in [1.807, 2.05) is 11.8 Å². The minimum Gasteiger partial charge on any atom is -0.315 e. The standard InChI is InChI=1S/C9H20N2S/c1-11(9-3-4-9)7-5-10-6-8-12-2/h9-10H,3-8H2,1-2H3. The molecule has 1 aliphatic carbocycles. The quantitative estimate of drug-likeness (QED) is 0.601. The van der Waals surface area contributed by atoms with Gasteiger partial charge in [0.25, 0.3) is 0 Å². The predicted molar refractivity (Wildman–Crippen MR) is 56.9 cm³/mol. The largest absolute Gasteiger partial charge is 0.315 e. The van der Waals surface area contributed by atoms with Crippen molar-refractivity contribution >= 4 is 11.8 Å². The summed E-state index contributed by atoms with van der Waals surface area (Å²) in [5.74, 6) is 1.23. The van der Waals surface area contributed by atoms with Crippen LogP contribution in [-0.4, -0.2) is 49.6 Å². The molecule has 12 heavy (non-hydrogen) atoms. The number of hydrogen-bond donors (Lipinski definition) is 1. The fourth-order valence-electron chi connectivity index (χ4n) is 1.25. The van der Waals surface area contributed by atoms with Crippen LogP contribution in [0.3, 0.4) is 0 Å². The van der Waals surface area contributed by atoms with E-state index in [0.29, 0.717) is 0 Å². The van der Waals surface area contributed by atoms with Gasteiger partial charge in [0.2, 0.25) is 0 Å². The SMILES string of the molecule is CSCCNCCN(C)C1CC1. The molecule has 0 spiro atoms. The molecule has 1 aliphatic rings. The Balaban J connectivity index is 1.81. The zero-order valence-corrected chi connectivity index (χ0v) is 8.99. The molecule has 1 saturated carbocycles. The molecule has 1 rings (SSSR count). The molecule has 0 aliphatic heterocycles. The molecule has 0 amide bonds. The van der Waals surface area contributed by atoms with E-state index in [1.165, 1.54) is 25.1 Å². The van der Waals surface area contributed by atoms with Crippen LogP contribution in [0.1, 0.15) is 12.8 Å². The van der Waals surface area contributed by atoms with Crippen molar-refractivity contribution in [3.05, 3.63) is 0 Å². The zero-order valence-electron chi connectivity index (χ0n) is 8.18. The van der Waals surface area contributed by atoms with E-state index >= 15 is 0 Å². The normalized spacial score (nSPS) is 17.2. The van der Waals surface area contributed by atoms with Crippen molar-refractivity contribution < 1.29 is 0 Å². The van der Waals surface area contributed by atoms with Crippen LogP contribution in [0.2, 0.25) is 0 Å². The average molecular weight is 188 g/mol. The van der Waals surface area contributed by atoms with Crippen molar-refractivity contribution in [3.8, 4) is 0 Å². The summed E-state index contributed by atoms with van der Waals surface area (Å²) in [7, 11) is 2.23. The maximum Gasteiger partial charge on any atom is 0.0107 e. The number of nitrogens with zero attached hydrogens (tertiary/aromatic N) is 1. The Morgan fingerprint density at radius 3 is 2.75 bits per heavy atom. The number of nitrogens with one attached hydrogen (secondary N) is 1. The van der Waals surface area contributed by atoms with Crippen LogP contribution in [0.5, 0.6) is 0 Å². The van der Waals surface area contributed by atoms with Crippen LogP contribution in [0.25, 0.3) is 0 Å². The van der Waals surface area contributed by atoms with Crippen LogP contribution < -0.4 is 5.32 Å². The van der Waals surface area contributed by atoms with Crippen molar-refractivity contribution in [2.75, 3.05) is 38.7 Å². The molecular weight excluding hydrogens is 168 g/mol. The molecule has 0 unspecified atom stereocenters. The topological polar surface area (TPSA) is 15.3 Å². The molecule has 0 heterocycles. The minimum absolute atomic E-state index is 0.910. The van der Waals surface area contributed by atoms with Crippen LogP contribution >= 0.6 is 11.8 Å². The molecule has 1 fully saturated rings. The number of rotatable bonds is 7. The molecule has 0 saturated heterocycles. The van der Waals surface area contributed by atoms with Crippen molar-refractivity contribution in [2.45, 2.75) is 18.9 Å². The van der Waals surface area contributed by atoms with Crippen LogP contribution in [0.4, 0.5) is 0 Å². The maximum atomic E-state index is 3.44. The second-order valence-electron chi connectivity index (χ2n) is 3.45. The summed E-state index contributed by atoms with van der Waals surface area (Å²) in [5.41, 5.74) is 0. The Hall–Kier alpha value is 0.270. The molecule has 0 radical (unpaired) electrons. The first kappa shape index (κ1) is 10.4. The average Bonchev–Trinajstić information content (AvgIpc) is 2.86. The maximum absolute atomic E-state index is 3.44. The summed E-state index contributed by atoms with van der Waals surface area (Å²) < 4.78 is 0. The fourth-order valence-corrected chi connectivity index (χ4v) is 1.60. The molecular formula is C9H20N2S. The lowest BCUT2D eigenvalue weighted by Crippen LogP contribution is -2.31. The van der Waals surface area contributed by atoms with E-state index < -0.39 is 0 Å². The Bertz CT molecular complexity index is 115. The summed E-state index contributed by atoms with van der Waals surface area (Å²) in [6.07, 6.45) is 4.99. The van der Waals surface area contributed by atoms with E-state index in [2.05, 4.69) is 23.5 Å². The zero-order chi connectivity index (χ0) is 8.81. The minimum atomic E-state index is 0.910. The van der Waals surface area contributed by atoms with Crippen molar-refractivity contribution in [2.24, 2.45) is 0 Å². The van der Waals surface area contributed by atoms with Crippen molar-refractivity contribution in [3.63, 3.8) is 0 Å². The molecule has 1 N–H and O–H groups in total. The first-order chi connectivity index (χ1) is 5.84. The molecule has 0 aromatic carbocycles. The Morgan fingerprint density at radius 2 is 2.17 bits per heavy atom. The smallest absolute Gasteiger partial charge is 0.0107 e. The number of thioether (sulfide) groups is 1. The van der Waals surface area contributed by atoms with Gasteiger partial charge < -0.3 is 10.2 Å². The molecule has 2 nitrogen and oxygen atoms in total. The summed E-state index contributed by atoms with van der Waals surface area (Å²) in [6, 6.07) is 0.910. The van der Waals surface area contributed by atoms with Crippen molar-refractivity contribution in [1.82, 2.24) is 10.2 Å². The third kappa shape index (κ3) is 4.33. The first-order valence-electron chi connectivity index (χ1n) is 4.74. The molecule has 3 heteroatoms. The third-order valence-electron chi connectivity index (χ3n) is 2.29. The monoisotopic (exact) mass is 188 g/mol. The van der Waals surface area contributed by atoms with E-state index in [0.717, 1.165) is 19.1 Å². The van der Waals surface area contributed by atoms with Gasteiger partial charge in [-0.2, -0.15) is 11.8 Å². The highest BCUT2D eigenvalue weighted by Crippen LogP contribution is 2.24. The predicted octanol–water partition coefficient (Wildman–Crippen LogP) is 1.03. The summed E-state index contributed by atoms with van der Waals surface area (Å²) in [6.45, 7) is 3.51. The van der Waals surface area contributed by atoms with Gasteiger partial charge in [-0.3, -0.25) is 0 Å². The lowest BCUT2D eigenvalue weighted by atomic mass is 10.5. The van der Waals surface area contributed by atoms with E-state index in [4.69, 9.17) is 0 Å². The summed E-state index contributed by atoms with van der Waals surface area (Å²) >= 11 is 1.90. The second kappa shape index (κ2) is 5.84. The summed E-state index contributed by atoms with van der Waals surface area (Å²) in [4.78, 5) is 2.46. The van der Waals surface area contributed by atoms with Gasteiger partial charge in [-0.05, 0) is 26.1 Å². The highest BCUT2D eigenvalue weighted by atomic mass is 32.2. The molecule has 72 valence electrons. The highest BCUT2D eigenvalue weighted by molar-refractivity contribution is 7.98. The van der Waals surface area contributed by atoms with Gasteiger partial charge in [-0.1, -0.05) is 0 Å². The van der Waals surface area contributed by atoms with Gasteiger partial charge in [-0.25, -0.2) is 0 Å². The van der Waals surface area contributed by atoms with E-state index in [1.54, 1.807) is 0 Å². The lowest BCUT2D eigenvalue weighted by Gasteiger charge is -2.15. The van der Waals surface area contributed by atoms with Crippen LogP contribution in [-0.2, 0) is 0 Å². The van der Waals surface area contributed by atoms with Gasteiger partial charge in [-0.15, -0.1) is 0 Å². The van der Waals surface area contributed by atoms with E-state index in [-0.39, 0.29) is 0 Å².